The van der Waals surface area contributed by atoms with Crippen molar-refractivity contribution in [2.24, 2.45) is 11.3 Å². The van der Waals surface area contributed by atoms with Gasteiger partial charge in [0, 0.05) is 6.42 Å². The molecule has 0 aromatic rings. The first-order chi connectivity index (χ1) is 5.96. The summed E-state index contributed by atoms with van der Waals surface area (Å²) in [6.07, 6.45) is 2.00. The Kier molecular flexibility index (Phi) is 2.74. The summed E-state index contributed by atoms with van der Waals surface area (Å²) in [5, 5.41) is 0. The van der Waals surface area contributed by atoms with Gasteiger partial charge < -0.3 is 4.74 Å². The first-order valence-corrected chi connectivity index (χ1v) is 4.57. The van der Waals surface area contributed by atoms with Gasteiger partial charge in [0.15, 0.2) is 0 Å². The second-order valence-corrected chi connectivity index (χ2v) is 4.41. The molecule has 0 aromatic heterocycles. The normalized spacial score (nSPS) is 27.0. The van der Waals surface area contributed by atoms with Crippen LogP contribution in [-0.4, -0.2) is 18.9 Å². The maximum Gasteiger partial charge on any atom is 0.316 e. The molecule has 0 aromatic carbocycles. The Morgan fingerprint density at radius 3 is 2.69 bits per heavy atom. The predicted molar refractivity (Wildman–Crippen MR) is 48.1 cm³/mol. The molecule has 13 heavy (non-hydrogen) atoms. The number of ether oxygens (including phenoxy) is 1. The molecule has 1 aliphatic rings. The average molecular weight is 184 g/mol. The van der Waals surface area contributed by atoms with Crippen molar-refractivity contribution < 1.29 is 14.3 Å². The fraction of sp³-hybridized carbons (Fsp3) is 0.800. The fourth-order valence-corrected chi connectivity index (χ4v) is 1.76. The van der Waals surface area contributed by atoms with E-state index in [2.05, 4.69) is 18.6 Å². The van der Waals surface area contributed by atoms with Crippen LogP contribution >= 0.6 is 0 Å². The van der Waals surface area contributed by atoms with Crippen LogP contribution in [0.15, 0.2) is 0 Å². The lowest BCUT2D eigenvalue weighted by Gasteiger charge is -2.32. The van der Waals surface area contributed by atoms with E-state index in [1.807, 2.05) is 0 Å². The Hall–Kier alpha value is -0.860. The van der Waals surface area contributed by atoms with E-state index in [1.165, 1.54) is 7.11 Å². The Morgan fingerprint density at radius 2 is 2.15 bits per heavy atom. The number of hydrogen-bond acceptors (Lipinski definition) is 3. The maximum absolute atomic E-state index is 11.4. The second kappa shape index (κ2) is 3.48. The van der Waals surface area contributed by atoms with Crippen molar-refractivity contribution in [1.82, 2.24) is 0 Å². The Bertz CT molecular complexity index is 222. The van der Waals surface area contributed by atoms with E-state index in [0.717, 1.165) is 6.42 Å². The number of ketones is 1. The zero-order valence-electron chi connectivity index (χ0n) is 8.42. The minimum absolute atomic E-state index is 0.0335. The van der Waals surface area contributed by atoms with E-state index in [4.69, 9.17) is 0 Å². The molecule has 0 N–H and O–H groups in total. The number of esters is 1. The lowest BCUT2D eigenvalue weighted by molar-refractivity contribution is -0.152. The van der Waals surface area contributed by atoms with Gasteiger partial charge in [-0.25, -0.2) is 0 Å². The van der Waals surface area contributed by atoms with Gasteiger partial charge in [-0.2, -0.15) is 0 Å². The maximum atomic E-state index is 11.4. The molecule has 3 heteroatoms. The van der Waals surface area contributed by atoms with Crippen LogP contribution in [0.2, 0.25) is 0 Å². The smallest absolute Gasteiger partial charge is 0.316 e. The predicted octanol–water partition coefficient (Wildman–Crippen LogP) is 1.55. The minimum atomic E-state index is -0.520. The molecule has 74 valence electrons. The molecule has 0 aliphatic heterocycles. The Balaban J connectivity index is 2.71. The van der Waals surface area contributed by atoms with Crippen molar-refractivity contribution >= 4 is 11.8 Å². The molecule has 1 unspecified atom stereocenters. The van der Waals surface area contributed by atoms with Crippen LogP contribution in [0.5, 0.6) is 0 Å². The summed E-state index contributed by atoms with van der Waals surface area (Å²) in [4.78, 5) is 22.6. The average Bonchev–Trinajstić information content (AvgIpc) is 2.08. The van der Waals surface area contributed by atoms with Crippen molar-refractivity contribution in [3.63, 3.8) is 0 Å². The summed E-state index contributed by atoms with van der Waals surface area (Å²) in [5.74, 6) is -0.863. The Labute approximate surface area is 78.5 Å². The molecule has 1 rings (SSSR count). The van der Waals surface area contributed by atoms with Crippen LogP contribution < -0.4 is 0 Å². The first-order valence-electron chi connectivity index (χ1n) is 4.57. The van der Waals surface area contributed by atoms with E-state index in [9.17, 15) is 9.59 Å². The van der Waals surface area contributed by atoms with Crippen molar-refractivity contribution in [3.05, 3.63) is 0 Å². The standard InChI is InChI=1S/C10H16O3/c1-10(2)5-4-8(11)7(6-10)9(12)13-3/h7H,4-6H2,1-3H3. The molecule has 0 amide bonds. The van der Waals surface area contributed by atoms with E-state index >= 15 is 0 Å². The third-order valence-corrected chi connectivity index (χ3v) is 2.68. The molecule has 1 fully saturated rings. The van der Waals surface area contributed by atoms with Gasteiger partial charge in [0.1, 0.15) is 11.7 Å². The second-order valence-electron chi connectivity index (χ2n) is 4.41. The highest BCUT2D eigenvalue weighted by atomic mass is 16.5. The number of hydrogen-bond donors (Lipinski definition) is 0. The number of carbonyl (C=O) groups is 2. The summed E-state index contributed by atoms with van der Waals surface area (Å²) in [5.41, 5.74) is 0.0900. The van der Waals surface area contributed by atoms with Crippen molar-refractivity contribution in [1.29, 1.82) is 0 Å². The molecule has 0 heterocycles. The third-order valence-electron chi connectivity index (χ3n) is 2.68. The molecule has 0 radical (unpaired) electrons. The number of rotatable bonds is 1. The van der Waals surface area contributed by atoms with E-state index < -0.39 is 5.92 Å². The van der Waals surface area contributed by atoms with Crippen molar-refractivity contribution in [2.75, 3.05) is 7.11 Å². The monoisotopic (exact) mass is 184 g/mol. The van der Waals surface area contributed by atoms with E-state index in [-0.39, 0.29) is 17.2 Å². The molecule has 0 spiro atoms. The summed E-state index contributed by atoms with van der Waals surface area (Å²) in [7, 11) is 1.33. The van der Waals surface area contributed by atoms with Crippen LogP contribution in [-0.2, 0) is 14.3 Å². The SMILES string of the molecule is COC(=O)C1CC(C)(C)CCC1=O. The zero-order chi connectivity index (χ0) is 10.1. The summed E-state index contributed by atoms with van der Waals surface area (Å²) in [6.45, 7) is 4.16. The van der Waals surface area contributed by atoms with Crippen LogP contribution in [0, 0.1) is 11.3 Å². The van der Waals surface area contributed by atoms with Crippen molar-refractivity contribution in [2.45, 2.75) is 33.1 Å². The zero-order valence-corrected chi connectivity index (χ0v) is 8.42. The number of Topliss-reactive ketones (excluding diaryl/α,β-unsaturated/α-hetero) is 1. The minimum Gasteiger partial charge on any atom is -0.468 e. The summed E-state index contributed by atoms with van der Waals surface area (Å²) in [6, 6.07) is 0. The molecule has 0 bridgehead atoms. The van der Waals surface area contributed by atoms with Gasteiger partial charge in [-0.1, -0.05) is 13.8 Å². The van der Waals surface area contributed by atoms with Gasteiger partial charge in [0.25, 0.3) is 0 Å². The lowest BCUT2D eigenvalue weighted by Crippen LogP contribution is -2.35. The van der Waals surface area contributed by atoms with Crippen LogP contribution in [0.3, 0.4) is 0 Å². The summed E-state index contributed by atoms with van der Waals surface area (Å²) < 4.78 is 4.59. The van der Waals surface area contributed by atoms with Gasteiger partial charge in [-0.15, -0.1) is 0 Å². The van der Waals surface area contributed by atoms with Gasteiger partial charge >= 0.3 is 5.97 Å². The lowest BCUT2D eigenvalue weighted by atomic mass is 9.71. The number of carbonyl (C=O) groups excluding carboxylic acids is 2. The van der Waals surface area contributed by atoms with Gasteiger partial charge in [-0.05, 0) is 18.3 Å². The highest BCUT2D eigenvalue weighted by Crippen LogP contribution is 2.37. The molecule has 1 saturated carbocycles. The molecular weight excluding hydrogens is 168 g/mol. The van der Waals surface area contributed by atoms with Gasteiger partial charge in [0.2, 0.25) is 0 Å². The van der Waals surface area contributed by atoms with Crippen LogP contribution in [0.1, 0.15) is 33.1 Å². The highest BCUT2D eigenvalue weighted by molar-refractivity contribution is 5.99. The van der Waals surface area contributed by atoms with Crippen LogP contribution in [0.4, 0.5) is 0 Å². The fourth-order valence-electron chi connectivity index (χ4n) is 1.76. The third kappa shape index (κ3) is 2.29. The quantitative estimate of drug-likeness (QED) is 0.458. The first kappa shape index (κ1) is 10.2. The van der Waals surface area contributed by atoms with Gasteiger partial charge in [-0.3, -0.25) is 9.59 Å². The molecular formula is C10H16O3. The molecule has 0 saturated heterocycles. The Morgan fingerprint density at radius 1 is 1.54 bits per heavy atom. The van der Waals surface area contributed by atoms with Crippen LogP contribution in [0.25, 0.3) is 0 Å². The molecule has 1 atom stereocenters. The van der Waals surface area contributed by atoms with Crippen molar-refractivity contribution in [3.8, 4) is 0 Å². The number of methoxy groups -OCH3 is 1. The topological polar surface area (TPSA) is 43.4 Å². The molecule has 1 aliphatic carbocycles. The largest absolute Gasteiger partial charge is 0.468 e. The summed E-state index contributed by atoms with van der Waals surface area (Å²) >= 11 is 0. The molecule has 3 nitrogen and oxygen atoms in total. The van der Waals surface area contributed by atoms with E-state index in [1.54, 1.807) is 0 Å². The highest BCUT2D eigenvalue weighted by Gasteiger charge is 2.38. The van der Waals surface area contributed by atoms with E-state index in [0.29, 0.717) is 12.8 Å². The van der Waals surface area contributed by atoms with Gasteiger partial charge in [0.05, 0.1) is 7.11 Å².